The van der Waals surface area contributed by atoms with Crippen LogP contribution in [-0.2, 0) is 0 Å². The van der Waals surface area contributed by atoms with E-state index in [0.29, 0.717) is 17.3 Å². The molecule has 126 valence electrons. The van der Waals surface area contributed by atoms with Crippen LogP contribution in [0.1, 0.15) is 46.7 Å². The molecule has 1 N–H and O–H groups in total. The van der Waals surface area contributed by atoms with Gasteiger partial charge in [-0.2, -0.15) is 0 Å². The first kappa shape index (κ1) is 16.4. The fraction of sp³-hybridized carbons (Fsp3) is 0.421. The quantitative estimate of drug-likeness (QED) is 0.933. The summed E-state index contributed by atoms with van der Waals surface area (Å²) in [6.45, 7) is 7.59. The third kappa shape index (κ3) is 3.72. The van der Waals surface area contributed by atoms with Crippen LogP contribution in [0, 0.1) is 20.8 Å². The third-order valence-electron chi connectivity index (χ3n) is 4.34. The number of aryl methyl sites for hydroxylation is 3. The van der Waals surface area contributed by atoms with Crippen molar-refractivity contribution in [2.75, 3.05) is 18.4 Å². The topological polar surface area (TPSA) is 58.1 Å². The number of nitrogens with zero attached hydrogens (tertiary/aromatic N) is 3. The largest absolute Gasteiger partial charge is 0.340 e. The van der Waals surface area contributed by atoms with Crippen LogP contribution in [0.3, 0.4) is 0 Å². The lowest BCUT2D eigenvalue weighted by molar-refractivity contribution is 0.0718. The van der Waals surface area contributed by atoms with Gasteiger partial charge in [-0.05, 0) is 51.7 Å². The van der Waals surface area contributed by atoms with Gasteiger partial charge < -0.3 is 10.2 Å². The molecule has 1 aliphatic rings. The van der Waals surface area contributed by atoms with Gasteiger partial charge in [-0.25, -0.2) is 9.97 Å². The van der Waals surface area contributed by atoms with Crippen molar-refractivity contribution >= 4 is 17.4 Å². The SMILES string of the molecule is Cc1ccc(Nc2cc(C(=O)N3CCCCC3)nc(C)n2)c(C)c1. The Morgan fingerprint density at radius 3 is 2.50 bits per heavy atom. The number of nitrogens with one attached hydrogen (secondary N) is 1. The Bertz CT molecular complexity index is 751. The molecule has 1 aromatic heterocycles. The maximum atomic E-state index is 12.7. The zero-order valence-corrected chi connectivity index (χ0v) is 14.6. The van der Waals surface area contributed by atoms with Crippen LogP contribution >= 0.6 is 0 Å². The highest BCUT2D eigenvalue weighted by Crippen LogP contribution is 2.21. The predicted molar refractivity (Wildman–Crippen MR) is 95.7 cm³/mol. The average molecular weight is 324 g/mol. The molecular weight excluding hydrogens is 300 g/mol. The number of anilines is 2. The van der Waals surface area contributed by atoms with Gasteiger partial charge in [0.1, 0.15) is 17.3 Å². The third-order valence-corrected chi connectivity index (χ3v) is 4.34. The first-order valence-corrected chi connectivity index (χ1v) is 8.52. The highest BCUT2D eigenvalue weighted by molar-refractivity contribution is 5.93. The molecule has 1 amide bonds. The first-order chi connectivity index (χ1) is 11.5. The molecule has 1 aliphatic heterocycles. The van der Waals surface area contributed by atoms with Crippen LogP contribution in [0.15, 0.2) is 24.3 Å². The van der Waals surface area contributed by atoms with Crippen molar-refractivity contribution in [1.29, 1.82) is 0 Å². The number of piperidine rings is 1. The minimum absolute atomic E-state index is 0.00359. The molecule has 0 radical (unpaired) electrons. The first-order valence-electron chi connectivity index (χ1n) is 8.52. The Kier molecular flexibility index (Phi) is 4.79. The van der Waals surface area contributed by atoms with E-state index < -0.39 is 0 Å². The summed E-state index contributed by atoms with van der Waals surface area (Å²) in [5.74, 6) is 1.27. The van der Waals surface area contributed by atoms with E-state index in [-0.39, 0.29) is 5.91 Å². The van der Waals surface area contributed by atoms with Gasteiger partial charge in [-0.3, -0.25) is 4.79 Å². The molecule has 1 fully saturated rings. The van der Waals surface area contributed by atoms with Gasteiger partial charge in [0.25, 0.3) is 5.91 Å². The molecule has 5 heteroatoms. The lowest BCUT2D eigenvalue weighted by Gasteiger charge is -2.26. The molecule has 24 heavy (non-hydrogen) atoms. The summed E-state index contributed by atoms with van der Waals surface area (Å²) in [6, 6.07) is 7.97. The lowest BCUT2D eigenvalue weighted by Crippen LogP contribution is -2.36. The Labute approximate surface area is 143 Å². The standard InChI is InChI=1S/C19H24N4O/c1-13-7-8-16(14(2)11-13)22-18-12-17(20-15(3)21-18)19(24)23-9-5-4-6-10-23/h7-8,11-12H,4-6,9-10H2,1-3H3,(H,20,21,22). The number of amides is 1. The highest BCUT2D eigenvalue weighted by atomic mass is 16.2. The van der Waals surface area contributed by atoms with Crippen molar-refractivity contribution < 1.29 is 4.79 Å². The molecule has 2 aromatic rings. The van der Waals surface area contributed by atoms with Crippen LogP contribution in [0.4, 0.5) is 11.5 Å². The molecule has 0 spiro atoms. The van der Waals surface area contributed by atoms with Gasteiger partial charge in [0.15, 0.2) is 0 Å². The summed E-state index contributed by atoms with van der Waals surface area (Å²) >= 11 is 0. The lowest BCUT2D eigenvalue weighted by atomic mass is 10.1. The van der Waals surface area contributed by atoms with Gasteiger partial charge >= 0.3 is 0 Å². The average Bonchev–Trinajstić information content (AvgIpc) is 2.57. The smallest absolute Gasteiger partial charge is 0.272 e. The minimum atomic E-state index is 0.00359. The molecule has 0 bridgehead atoms. The van der Waals surface area contributed by atoms with Gasteiger partial charge in [-0.15, -0.1) is 0 Å². The Morgan fingerprint density at radius 1 is 1.04 bits per heavy atom. The number of carbonyl (C=O) groups is 1. The predicted octanol–water partition coefficient (Wildman–Crippen LogP) is 3.77. The summed E-state index contributed by atoms with van der Waals surface area (Å²) in [5, 5.41) is 3.32. The Hall–Kier alpha value is -2.43. The van der Waals surface area contributed by atoms with Gasteiger partial charge in [0.05, 0.1) is 0 Å². The molecular formula is C19H24N4O. The van der Waals surface area contributed by atoms with E-state index in [1.807, 2.05) is 17.9 Å². The second-order valence-electron chi connectivity index (χ2n) is 6.48. The van der Waals surface area contributed by atoms with E-state index in [4.69, 9.17) is 0 Å². The zero-order valence-electron chi connectivity index (χ0n) is 14.6. The summed E-state index contributed by atoms with van der Waals surface area (Å²) < 4.78 is 0. The van der Waals surface area contributed by atoms with E-state index in [0.717, 1.165) is 37.2 Å². The summed E-state index contributed by atoms with van der Waals surface area (Å²) in [5.41, 5.74) is 3.83. The Morgan fingerprint density at radius 2 is 1.79 bits per heavy atom. The van der Waals surface area contributed by atoms with Gasteiger partial charge in [0, 0.05) is 24.8 Å². The summed E-state index contributed by atoms with van der Waals surface area (Å²) in [7, 11) is 0. The molecule has 1 saturated heterocycles. The van der Waals surface area contributed by atoms with Gasteiger partial charge in [0.2, 0.25) is 0 Å². The van der Waals surface area contributed by atoms with Gasteiger partial charge in [-0.1, -0.05) is 17.7 Å². The van der Waals surface area contributed by atoms with E-state index in [1.165, 1.54) is 12.0 Å². The molecule has 5 nitrogen and oxygen atoms in total. The highest BCUT2D eigenvalue weighted by Gasteiger charge is 2.20. The van der Waals surface area contributed by atoms with Crippen LogP contribution in [0.2, 0.25) is 0 Å². The van der Waals surface area contributed by atoms with Crippen molar-refractivity contribution in [2.45, 2.75) is 40.0 Å². The van der Waals surface area contributed by atoms with Crippen molar-refractivity contribution in [1.82, 2.24) is 14.9 Å². The number of carbonyl (C=O) groups excluding carboxylic acids is 1. The minimum Gasteiger partial charge on any atom is -0.340 e. The molecule has 2 heterocycles. The number of rotatable bonds is 3. The monoisotopic (exact) mass is 324 g/mol. The molecule has 0 aliphatic carbocycles. The van der Waals surface area contributed by atoms with Crippen LogP contribution in [0.25, 0.3) is 0 Å². The number of aromatic nitrogens is 2. The number of likely N-dealkylation sites (tertiary alicyclic amines) is 1. The van der Waals surface area contributed by atoms with E-state index in [2.05, 4.69) is 41.3 Å². The molecule has 1 aromatic carbocycles. The van der Waals surface area contributed by atoms with Crippen molar-refractivity contribution in [3.8, 4) is 0 Å². The normalized spacial score (nSPS) is 14.5. The number of hydrogen-bond acceptors (Lipinski definition) is 4. The van der Waals surface area contributed by atoms with Crippen molar-refractivity contribution in [2.24, 2.45) is 0 Å². The zero-order chi connectivity index (χ0) is 17.1. The maximum Gasteiger partial charge on any atom is 0.272 e. The van der Waals surface area contributed by atoms with Crippen molar-refractivity contribution in [3.63, 3.8) is 0 Å². The molecule has 3 rings (SSSR count). The Balaban J connectivity index is 1.84. The number of hydrogen-bond donors (Lipinski definition) is 1. The second-order valence-corrected chi connectivity index (χ2v) is 6.48. The molecule has 0 atom stereocenters. The fourth-order valence-electron chi connectivity index (χ4n) is 3.09. The summed E-state index contributed by atoms with van der Waals surface area (Å²) in [6.07, 6.45) is 3.35. The summed E-state index contributed by atoms with van der Waals surface area (Å²) in [4.78, 5) is 23.3. The van der Waals surface area contributed by atoms with Crippen LogP contribution in [-0.4, -0.2) is 33.9 Å². The second kappa shape index (κ2) is 6.99. The van der Waals surface area contributed by atoms with Crippen molar-refractivity contribution in [3.05, 3.63) is 46.9 Å². The van der Waals surface area contributed by atoms with E-state index >= 15 is 0 Å². The number of benzene rings is 1. The fourth-order valence-corrected chi connectivity index (χ4v) is 3.09. The van der Waals surface area contributed by atoms with Crippen LogP contribution in [0.5, 0.6) is 0 Å². The van der Waals surface area contributed by atoms with E-state index in [9.17, 15) is 4.79 Å². The molecule has 0 unspecified atom stereocenters. The maximum absolute atomic E-state index is 12.7. The van der Waals surface area contributed by atoms with Crippen LogP contribution < -0.4 is 5.32 Å². The molecule has 0 saturated carbocycles. The van der Waals surface area contributed by atoms with E-state index in [1.54, 1.807) is 6.07 Å².